The van der Waals surface area contributed by atoms with E-state index < -0.39 is 17.3 Å². The van der Waals surface area contributed by atoms with E-state index >= 15 is 0 Å². The van der Waals surface area contributed by atoms with Gasteiger partial charge in [-0.05, 0) is 24.1 Å². The minimum absolute atomic E-state index is 0.314. The molecule has 0 atom stereocenters. The summed E-state index contributed by atoms with van der Waals surface area (Å²) in [5, 5.41) is 5.08. The molecule has 0 heterocycles. The van der Waals surface area contributed by atoms with Gasteiger partial charge in [-0.25, -0.2) is 8.78 Å². The first-order valence-corrected chi connectivity index (χ1v) is 3.64. The number of hydrogen-bond donors (Lipinski definition) is 2. The van der Waals surface area contributed by atoms with E-state index in [2.05, 4.69) is 0 Å². The second kappa shape index (κ2) is 3.06. The predicted molar refractivity (Wildman–Crippen MR) is 40.8 cm³/mol. The molecule has 4 N–H and O–H groups in total. The van der Waals surface area contributed by atoms with Crippen molar-refractivity contribution in [1.82, 2.24) is 0 Å². The number of nitrogen functional groups attached to an aromatic ring is 1. The molecule has 5 heteroatoms. The van der Waals surface area contributed by atoms with Gasteiger partial charge in [-0.2, -0.15) is 0 Å². The van der Waals surface area contributed by atoms with Crippen molar-refractivity contribution in [3.8, 4) is 0 Å². The summed E-state index contributed by atoms with van der Waals surface area (Å²) < 4.78 is 25.2. The molecule has 11 heavy (non-hydrogen) atoms. The summed E-state index contributed by atoms with van der Waals surface area (Å²) in [6.07, 6.45) is 0. The molecule has 1 rings (SSSR count). The van der Waals surface area contributed by atoms with Crippen LogP contribution >= 0.6 is 11.9 Å². The van der Waals surface area contributed by atoms with Crippen LogP contribution in [0.25, 0.3) is 0 Å². The molecule has 1 aromatic carbocycles. The summed E-state index contributed by atoms with van der Waals surface area (Å²) in [7, 11) is 0. The molecule has 0 amide bonds. The highest BCUT2D eigenvalue weighted by molar-refractivity contribution is 7.97. The smallest absolute Gasteiger partial charge is 0.150 e. The third kappa shape index (κ3) is 1.61. The first-order valence-electron chi connectivity index (χ1n) is 2.76. The van der Waals surface area contributed by atoms with Crippen LogP contribution in [0.2, 0.25) is 0 Å². The Kier molecular flexibility index (Phi) is 2.31. The van der Waals surface area contributed by atoms with Gasteiger partial charge in [0.25, 0.3) is 0 Å². The van der Waals surface area contributed by atoms with Gasteiger partial charge in [0.2, 0.25) is 0 Å². The zero-order valence-electron chi connectivity index (χ0n) is 5.47. The Morgan fingerprint density at radius 1 is 1.18 bits per heavy atom. The van der Waals surface area contributed by atoms with E-state index in [0.717, 1.165) is 24.1 Å². The number of nitrogens with two attached hydrogens (primary N) is 2. The fraction of sp³-hybridized carbons (Fsp3) is 0. The van der Waals surface area contributed by atoms with Crippen LogP contribution in [0.5, 0.6) is 0 Å². The molecule has 0 fully saturated rings. The van der Waals surface area contributed by atoms with E-state index in [4.69, 9.17) is 10.9 Å². The van der Waals surface area contributed by atoms with Gasteiger partial charge in [0.15, 0.2) is 0 Å². The van der Waals surface area contributed by atoms with E-state index in [9.17, 15) is 8.78 Å². The monoisotopic (exact) mass is 176 g/mol. The lowest BCUT2D eigenvalue weighted by Crippen LogP contribution is -1.96. The molecule has 0 aromatic heterocycles. The normalized spacial score (nSPS) is 10.1. The molecular formula is C6H6F2N2S. The van der Waals surface area contributed by atoms with Crippen LogP contribution in [-0.2, 0) is 0 Å². The molecule has 0 saturated heterocycles. The van der Waals surface area contributed by atoms with E-state index in [1.54, 1.807) is 0 Å². The van der Waals surface area contributed by atoms with Gasteiger partial charge in [-0.15, -0.1) is 0 Å². The van der Waals surface area contributed by atoms with Crippen molar-refractivity contribution in [2.45, 2.75) is 4.90 Å². The van der Waals surface area contributed by atoms with Crippen LogP contribution in [0.3, 0.4) is 0 Å². The fourth-order valence-corrected chi connectivity index (χ4v) is 0.972. The second-order valence-corrected chi connectivity index (χ2v) is 2.63. The number of hydrogen-bond acceptors (Lipinski definition) is 3. The Balaban J connectivity index is 3.21. The van der Waals surface area contributed by atoms with Gasteiger partial charge in [-0.1, -0.05) is 0 Å². The van der Waals surface area contributed by atoms with Crippen molar-refractivity contribution in [3.63, 3.8) is 0 Å². The van der Waals surface area contributed by atoms with Gasteiger partial charge in [0, 0.05) is 4.90 Å². The molecule has 60 valence electrons. The van der Waals surface area contributed by atoms with Crippen LogP contribution < -0.4 is 10.9 Å². The summed E-state index contributed by atoms with van der Waals surface area (Å²) in [6, 6.07) is 2.17. The van der Waals surface area contributed by atoms with Gasteiger partial charge < -0.3 is 5.73 Å². The summed E-state index contributed by atoms with van der Waals surface area (Å²) in [4.78, 5) is 0.314. The summed E-state index contributed by atoms with van der Waals surface area (Å²) >= 11 is 0.770. The SMILES string of the molecule is NSc1cc(F)c(N)c(F)c1. The quantitative estimate of drug-likeness (QED) is 0.503. The zero-order valence-corrected chi connectivity index (χ0v) is 6.29. The van der Waals surface area contributed by atoms with E-state index in [-0.39, 0.29) is 0 Å². The lowest BCUT2D eigenvalue weighted by atomic mass is 10.3. The number of rotatable bonds is 1. The molecule has 0 aliphatic heterocycles. The summed E-state index contributed by atoms with van der Waals surface area (Å²) in [5.41, 5.74) is 4.54. The van der Waals surface area contributed by atoms with Crippen molar-refractivity contribution in [1.29, 1.82) is 0 Å². The Morgan fingerprint density at radius 2 is 1.64 bits per heavy atom. The Bertz CT molecular complexity index is 254. The van der Waals surface area contributed by atoms with E-state index in [1.807, 2.05) is 0 Å². The van der Waals surface area contributed by atoms with Crippen LogP contribution in [0.1, 0.15) is 0 Å². The van der Waals surface area contributed by atoms with Crippen molar-refractivity contribution in [2.24, 2.45) is 5.14 Å². The first-order chi connectivity index (χ1) is 5.15. The molecule has 0 aliphatic carbocycles. The molecule has 1 aromatic rings. The molecule has 2 nitrogen and oxygen atoms in total. The Hall–Kier alpha value is -0.810. The maximum Gasteiger partial charge on any atom is 0.150 e. The Labute approximate surface area is 66.7 Å². The Morgan fingerprint density at radius 3 is 2.00 bits per heavy atom. The van der Waals surface area contributed by atoms with Crippen molar-refractivity contribution in [2.75, 3.05) is 5.73 Å². The van der Waals surface area contributed by atoms with Gasteiger partial charge >= 0.3 is 0 Å². The maximum atomic E-state index is 12.6. The summed E-state index contributed by atoms with van der Waals surface area (Å²) in [5.74, 6) is -1.56. The van der Waals surface area contributed by atoms with Crippen LogP contribution in [0.15, 0.2) is 17.0 Å². The number of halogens is 2. The van der Waals surface area contributed by atoms with Gasteiger partial charge in [-0.3, -0.25) is 5.14 Å². The zero-order chi connectivity index (χ0) is 8.43. The van der Waals surface area contributed by atoms with Gasteiger partial charge in [0.05, 0.1) is 0 Å². The lowest BCUT2D eigenvalue weighted by molar-refractivity contribution is 0.586. The van der Waals surface area contributed by atoms with Crippen molar-refractivity contribution >= 4 is 17.6 Å². The van der Waals surface area contributed by atoms with Crippen LogP contribution in [0.4, 0.5) is 14.5 Å². The first kappa shape index (κ1) is 8.29. The molecule has 0 bridgehead atoms. The molecule has 0 saturated carbocycles. The molecular weight excluding hydrogens is 170 g/mol. The molecule has 0 unspecified atom stereocenters. The molecule has 0 aliphatic rings. The highest BCUT2D eigenvalue weighted by atomic mass is 32.2. The summed E-state index contributed by atoms with van der Waals surface area (Å²) in [6.45, 7) is 0. The fourth-order valence-electron chi connectivity index (χ4n) is 0.629. The third-order valence-corrected chi connectivity index (χ3v) is 1.70. The highest BCUT2D eigenvalue weighted by Crippen LogP contribution is 2.21. The number of benzene rings is 1. The van der Waals surface area contributed by atoms with Crippen molar-refractivity contribution < 1.29 is 8.78 Å². The molecule has 0 radical (unpaired) electrons. The minimum Gasteiger partial charge on any atom is -0.394 e. The third-order valence-electron chi connectivity index (χ3n) is 1.19. The second-order valence-electron chi connectivity index (χ2n) is 1.92. The highest BCUT2D eigenvalue weighted by Gasteiger charge is 2.06. The van der Waals surface area contributed by atoms with Crippen LogP contribution in [-0.4, -0.2) is 0 Å². The lowest BCUT2D eigenvalue weighted by Gasteiger charge is -2.00. The minimum atomic E-state index is -0.780. The maximum absolute atomic E-state index is 12.6. The van der Waals surface area contributed by atoms with Gasteiger partial charge in [0.1, 0.15) is 17.3 Å². The van der Waals surface area contributed by atoms with E-state index in [0.29, 0.717) is 4.90 Å². The predicted octanol–water partition coefficient (Wildman–Crippen LogP) is 1.51. The topological polar surface area (TPSA) is 52.0 Å². The van der Waals surface area contributed by atoms with Crippen LogP contribution in [0, 0.1) is 11.6 Å². The standard InChI is InChI=1S/C6H6F2N2S/c7-4-1-3(11-10)2-5(8)6(4)9/h1-2H,9-10H2. The molecule has 0 spiro atoms. The average Bonchev–Trinajstić information content (AvgIpc) is 1.99. The largest absolute Gasteiger partial charge is 0.394 e. The average molecular weight is 176 g/mol. The van der Waals surface area contributed by atoms with Crippen molar-refractivity contribution in [3.05, 3.63) is 23.8 Å². The van der Waals surface area contributed by atoms with E-state index in [1.165, 1.54) is 0 Å². The number of anilines is 1.